The number of nitrogens with zero attached hydrogens (tertiary/aromatic N) is 3. The summed E-state index contributed by atoms with van der Waals surface area (Å²) < 4.78 is 18.8. The molecule has 63 heavy (non-hydrogen) atoms. The summed E-state index contributed by atoms with van der Waals surface area (Å²) in [5, 5.41) is 6.30. The number of fused-ring (bicyclic) bond motifs is 9. The molecule has 0 radical (unpaired) electrons. The third kappa shape index (κ3) is 5.92. The first-order chi connectivity index (χ1) is 31.2. The van der Waals surface area contributed by atoms with Crippen LogP contribution in [0.1, 0.15) is 0 Å². The average Bonchev–Trinajstić information content (AvgIpc) is 4.04. The second-order valence-electron chi connectivity index (χ2n) is 15.9. The van der Waals surface area contributed by atoms with Crippen molar-refractivity contribution in [3.05, 3.63) is 200 Å². The monoisotopic (exact) mass is 807 g/mol. The number of para-hydroxylation sites is 2. The number of hydrogen-bond donors (Lipinski definition) is 0. The predicted octanol–water partition coefficient (Wildman–Crippen LogP) is 15.6. The van der Waals surface area contributed by atoms with Gasteiger partial charge in [0.1, 0.15) is 33.5 Å². The van der Waals surface area contributed by atoms with Crippen LogP contribution in [0.25, 0.3) is 133 Å². The zero-order valence-corrected chi connectivity index (χ0v) is 33.6. The van der Waals surface area contributed by atoms with E-state index < -0.39 is 0 Å². The lowest BCUT2D eigenvalue weighted by Crippen LogP contribution is -2.00. The quantitative estimate of drug-likeness (QED) is 0.166. The molecule has 0 aliphatic heterocycles. The lowest BCUT2D eigenvalue weighted by atomic mass is 9.97. The van der Waals surface area contributed by atoms with Gasteiger partial charge in [-0.05, 0) is 88.0 Å². The lowest BCUT2D eigenvalue weighted by Gasteiger charge is -2.11. The van der Waals surface area contributed by atoms with E-state index in [1.165, 1.54) is 0 Å². The second-order valence-corrected chi connectivity index (χ2v) is 15.9. The van der Waals surface area contributed by atoms with Crippen molar-refractivity contribution in [2.24, 2.45) is 0 Å². The van der Waals surface area contributed by atoms with Crippen LogP contribution in [0.5, 0.6) is 0 Å². The molecule has 0 spiro atoms. The van der Waals surface area contributed by atoms with Crippen LogP contribution in [0, 0.1) is 0 Å². The van der Waals surface area contributed by atoms with Gasteiger partial charge in [-0.25, -0.2) is 15.0 Å². The van der Waals surface area contributed by atoms with E-state index in [-0.39, 0.29) is 0 Å². The van der Waals surface area contributed by atoms with E-state index in [1.54, 1.807) is 0 Å². The Bertz CT molecular complexity index is 3930. The van der Waals surface area contributed by atoms with E-state index in [4.69, 9.17) is 28.2 Å². The molecule has 6 nitrogen and oxygen atoms in total. The molecular formula is C57H33N3O3. The molecule has 294 valence electrons. The maximum atomic E-state index is 6.35. The van der Waals surface area contributed by atoms with Gasteiger partial charge in [-0.3, -0.25) is 0 Å². The first-order valence-corrected chi connectivity index (χ1v) is 21.0. The predicted molar refractivity (Wildman–Crippen MR) is 254 cm³/mol. The molecule has 0 atom stereocenters. The Kier molecular flexibility index (Phi) is 7.80. The molecule has 4 aromatic heterocycles. The normalized spacial score (nSPS) is 11.8. The molecule has 13 rings (SSSR count). The van der Waals surface area contributed by atoms with Crippen molar-refractivity contribution in [2.75, 3.05) is 0 Å². The summed E-state index contributed by atoms with van der Waals surface area (Å²) in [6.45, 7) is 0. The van der Waals surface area contributed by atoms with Crippen LogP contribution in [0.2, 0.25) is 0 Å². The smallest absolute Gasteiger partial charge is 0.164 e. The summed E-state index contributed by atoms with van der Waals surface area (Å²) in [5.41, 5.74) is 14.2. The molecule has 4 heterocycles. The number of rotatable bonds is 6. The van der Waals surface area contributed by atoms with Gasteiger partial charge in [0.05, 0.1) is 0 Å². The molecule has 13 aromatic rings. The van der Waals surface area contributed by atoms with Crippen molar-refractivity contribution in [1.29, 1.82) is 0 Å². The molecule has 0 aliphatic rings. The fourth-order valence-electron chi connectivity index (χ4n) is 9.08. The van der Waals surface area contributed by atoms with Gasteiger partial charge in [0.2, 0.25) is 0 Å². The third-order valence-electron chi connectivity index (χ3n) is 12.1. The fraction of sp³-hybridized carbons (Fsp3) is 0. The van der Waals surface area contributed by atoms with Gasteiger partial charge in [0, 0.05) is 55.1 Å². The molecule has 0 bridgehead atoms. The van der Waals surface area contributed by atoms with Crippen LogP contribution in [-0.4, -0.2) is 15.0 Å². The summed E-state index contributed by atoms with van der Waals surface area (Å²) in [7, 11) is 0. The largest absolute Gasteiger partial charge is 0.456 e. The Labute approximate surface area is 360 Å². The highest BCUT2D eigenvalue weighted by Crippen LogP contribution is 2.40. The standard InChI is InChI=1S/C57H33N3O3/c1-2-12-34(13-3-1)35-14-9-18-40(29-35)55-58-56(60-57(59-55)44-22-11-25-51-54(44)43-21-5-7-24-49(43)61-51)41-19-10-17-38(30-41)36-15-8-16-37(28-36)39-26-27-50-45(31-39)47-32-46-42-20-4-6-23-48(42)62-52(46)33-53(47)63-50/h1-33H. The average molecular weight is 808 g/mol. The summed E-state index contributed by atoms with van der Waals surface area (Å²) in [6, 6.07) is 68.9. The van der Waals surface area contributed by atoms with Crippen molar-refractivity contribution < 1.29 is 13.3 Å². The van der Waals surface area contributed by atoms with Gasteiger partial charge in [-0.1, -0.05) is 140 Å². The highest BCUT2D eigenvalue weighted by atomic mass is 16.3. The van der Waals surface area contributed by atoms with Crippen molar-refractivity contribution in [3.8, 4) is 67.5 Å². The van der Waals surface area contributed by atoms with Gasteiger partial charge in [-0.15, -0.1) is 0 Å². The molecule has 0 aliphatic carbocycles. The zero-order chi connectivity index (χ0) is 41.4. The Morgan fingerprint density at radius 3 is 1.38 bits per heavy atom. The SMILES string of the molecule is c1ccc(-c2cccc(-c3nc(-c4cccc(-c5cccc(-c6ccc7oc8cc9oc%10ccccc%10c9cc8c7c6)c5)c4)nc(-c4cccc5oc6ccccc6c45)n3)c2)cc1. The molecule has 0 N–H and O–H groups in total. The van der Waals surface area contributed by atoms with Crippen LogP contribution < -0.4 is 0 Å². The van der Waals surface area contributed by atoms with Gasteiger partial charge in [0.15, 0.2) is 17.5 Å². The maximum absolute atomic E-state index is 6.35. The topological polar surface area (TPSA) is 78.1 Å². The van der Waals surface area contributed by atoms with E-state index in [9.17, 15) is 0 Å². The highest BCUT2D eigenvalue weighted by Gasteiger charge is 2.19. The van der Waals surface area contributed by atoms with Crippen molar-refractivity contribution in [2.45, 2.75) is 0 Å². The zero-order valence-electron chi connectivity index (χ0n) is 33.6. The molecule has 0 unspecified atom stereocenters. The number of hydrogen-bond acceptors (Lipinski definition) is 6. The number of benzene rings is 9. The van der Waals surface area contributed by atoms with E-state index >= 15 is 0 Å². The van der Waals surface area contributed by atoms with Crippen molar-refractivity contribution >= 4 is 65.8 Å². The van der Waals surface area contributed by atoms with Gasteiger partial charge in [0.25, 0.3) is 0 Å². The molecule has 0 amide bonds. The van der Waals surface area contributed by atoms with Gasteiger partial charge >= 0.3 is 0 Å². The minimum atomic E-state index is 0.577. The minimum absolute atomic E-state index is 0.577. The Balaban J connectivity index is 0.922. The first-order valence-electron chi connectivity index (χ1n) is 21.0. The van der Waals surface area contributed by atoms with E-state index in [2.05, 4.69) is 140 Å². The first kappa shape index (κ1) is 35.2. The van der Waals surface area contributed by atoms with E-state index in [1.807, 2.05) is 60.7 Å². The number of furan rings is 3. The Morgan fingerprint density at radius 1 is 0.238 bits per heavy atom. The summed E-state index contributed by atoms with van der Waals surface area (Å²) in [4.78, 5) is 15.6. The molecule has 6 heteroatoms. The fourth-order valence-corrected chi connectivity index (χ4v) is 9.08. The minimum Gasteiger partial charge on any atom is -0.456 e. The van der Waals surface area contributed by atoms with Crippen molar-refractivity contribution in [3.63, 3.8) is 0 Å². The van der Waals surface area contributed by atoms with Crippen LogP contribution in [0.3, 0.4) is 0 Å². The molecule has 0 fully saturated rings. The van der Waals surface area contributed by atoms with Crippen molar-refractivity contribution in [1.82, 2.24) is 15.0 Å². The van der Waals surface area contributed by atoms with Crippen LogP contribution in [-0.2, 0) is 0 Å². The second kappa shape index (κ2) is 14.0. The van der Waals surface area contributed by atoms with Gasteiger partial charge in [-0.2, -0.15) is 0 Å². The van der Waals surface area contributed by atoms with Crippen LogP contribution in [0.4, 0.5) is 0 Å². The van der Waals surface area contributed by atoms with E-state index in [0.717, 1.165) is 116 Å². The van der Waals surface area contributed by atoms with Crippen LogP contribution in [0.15, 0.2) is 213 Å². The summed E-state index contributed by atoms with van der Waals surface area (Å²) in [5.74, 6) is 1.75. The Hall–Kier alpha value is -8.61. The summed E-state index contributed by atoms with van der Waals surface area (Å²) in [6.07, 6.45) is 0. The third-order valence-corrected chi connectivity index (χ3v) is 12.1. The summed E-state index contributed by atoms with van der Waals surface area (Å²) >= 11 is 0. The Morgan fingerprint density at radius 2 is 0.683 bits per heavy atom. The molecule has 0 saturated heterocycles. The maximum Gasteiger partial charge on any atom is 0.164 e. The molecular weight excluding hydrogens is 775 g/mol. The highest BCUT2D eigenvalue weighted by molar-refractivity contribution is 6.16. The van der Waals surface area contributed by atoms with E-state index in [0.29, 0.717) is 17.5 Å². The van der Waals surface area contributed by atoms with Crippen LogP contribution >= 0.6 is 0 Å². The lowest BCUT2D eigenvalue weighted by molar-refractivity contribution is 0.656. The van der Waals surface area contributed by atoms with Gasteiger partial charge < -0.3 is 13.3 Å². The molecule has 9 aromatic carbocycles. The number of aromatic nitrogens is 3. The molecule has 0 saturated carbocycles.